The van der Waals surface area contributed by atoms with E-state index >= 15 is 0 Å². The summed E-state index contributed by atoms with van der Waals surface area (Å²) < 4.78 is 4.95. The molecule has 0 fully saturated rings. The highest BCUT2D eigenvalue weighted by atomic mass is 16.3. The number of amides is 1. The number of hydrogen-bond donors (Lipinski definition) is 2. The summed E-state index contributed by atoms with van der Waals surface area (Å²) in [5.74, 6) is -0.347. The largest absolute Gasteiger partial charge is 0.389 e. The van der Waals surface area contributed by atoms with E-state index in [1.807, 2.05) is 11.6 Å². The smallest absolute Gasteiger partial charge is 0.261 e. The molecular formula is C18H20N8O2. The van der Waals surface area contributed by atoms with Gasteiger partial charge in [0.2, 0.25) is 0 Å². The topological polar surface area (TPSA) is 115 Å². The lowest BCUT2D eigenvalue weighted by molar-refractivity contribution is 0.0578. The van der Waals surface area contributed by atoms with Crippen LogP contribution in [0.1, 0.15) is 24.2 Å². The number of imidazole rings is 1. The molecular weight excluding hydrogens is 360 g/mol. The maximum Gasteiger partial charge on any atom is 0.261 e. The number of carbonyl (C=O) groups excluding carboxylic acids is 1. The minimum Gasteiger partial charge on any atom is -0.389 e. The molecule has 144 valence electrons. The standard InChI is InChI=1S/C18H20N8O2/c1-18(2,28)10-25-9-13(15(23-25)14-8-19-11-24(14)3)22-17(27)12-7-21-26-6-4-5-20-16(12)26/h4-9,11,28H,10H2,1-3H3,(H,22,27). The summed E-state index contributed by atoms with van der Waals surface area (Å²) >= 11 is 0. The second-order valence-electron chi connectivity index (χ2n) is 7.19. The van der Waals surface area contributed by atoms with Crippen LogP contribution in [0.2, 0.25) is 0 Å². The summed E-state index contributed by atoms with van der Waals surface area (Å²) in [4.78, 5) is 21.2. The van der Waals surface area contributed by atoms with Gasteiger partial charge in [-0.2, -0.15) is 10.2 Å². The summed E-state index contributed by atoms with van der Waals surface area (Å²) in [6.07, 6.45) is 9.83. The van der Waals surface area contributed by atoms with Crippen LogP contribution in [0.15, 0.2) is 43.4 Å². The molecule has 4 aromatic heterocycles. The van der Waals surface area contributed by atoms with Gasteiger partial charge >= 0.3 is 0 Å². The van der Waals surface area contributed by atoms with E-state index in [0.29, 0.717) is 22.6 Å². The fraction of sp³-hybridized carbons (Fsp3) is 0.278. The Hall–Kier alpha value is -3.53. The number of rotatable bonds is 5. The van der Waals surface area contributed by atoms with Gasteiger partial charge < -0.3 is 15.0 Å². The molecule has 0 unspecified atom stereocenters. The highest BCUT2D eigenvalue weighted by Crippen LogP contribution is 2.27. The van der Waals surface area contributed by atoms with E-state index < -0.39 is 5.60 Å². The second kappa shape index (κ2) is 6.57. The van der Waals surface area contributed by atoms with Crippen LogP contribution >= 0.6 is 0 Å². The van der Waals surface area contributed by atoms with Crippen molar-refractivity contribution in [2.24, 2.45) is 7.05 Å². The van der Waals surface area contributed by atoms with E-state index in [1.165, 1.54) is 10.7 Å². The summed E-state index contributed by atoms with van der Waals surface area (Å²) in [7, 11) is 1.85. The van der Waals surface area contributed by atoms with E-state index in [-0.39, 0.29) is 12.5 Å². The highest BCUT2D eigenvalue weighted by molar-refractivity contribution is 6.09. The number of nitrogens with one attached hydrogen (secondary N) is 1. The fourth-order valence-corrected chi connectivity index (χ4v) is 2.94. The van der Waals surface area contributed by atoms with Gasteiger partial charge in [0.05, 0.1) is 42.2 Å². The molecule has 28 heavy (non-hydrogen) atoms. The van der Waals surface area contributed by atoms with Gasteiger partial charge in [-0.25, -0.2) is 14.5 Å². The fourth-order valence-electron chi connectivity index (χ4n) is 2.94. The van der Waals surface area contributed by atoms with E-state index in [0.717, 1.165) is 5.69 Å². The Morgan fingerprint density at radius 1 is 1.32 bits per heavy atom. The van der Waals surface area contributed by atoms with Crippen molar-refractivity contribution in [3.8, 4) is 11.4 Å². The predicted molar refractivity (Wildman–Crippen MR) is 102 cm³/mol. The maximum atomic E-state index is 12.9. The first-order valence-corrected chi connectivity index (χ1v) is 8.68. The first-order valence-electron chi connectivity index (χ1n) is 8.68. The van der Waals surface area contributed by atoms with E-state index in [2.05, 4.69) is 25.5 Å². The van der Waals surface area contributed by atoms with Gasteiger partial charge in [-0.05, 0) is 19.9 Å². The molecule has 4 rings (SSSR count). The van der Waals surface area contributed by atoms with Crippen LogP contribution in [0.25, 0.3) is 17.0 Å². The second-order valence-corrected chi connectivity index (χ2v) is 7.19. The van der Waals surface area contributed by atoms with E-state index in [1.54, 1.807) is 55.7 Å². The summed E-state index contributed by atoms with van der Waals surface area (Å²) in [5.41, 5.74) is 1.67. The van der Waals surface area contributed by atoms with E-state index in [4.69, 9.17) is 0 Å². The number of hydrogen-bond acceptors (Lipinski definition) is 6. The Labute approximate surface area is 160 Å². The van der Waals surface area contributed by atoms with Crippen LogP contribution in [-0.2, 0) is 13.6 Å². The molecule has 0 aromatic carbocycles. The molecule has 0 aliphatic heterocycles. The number of carbonyl (C=O) groups is 1. The van der Waals surface area contributed by atoms with E-state index in [9.17, 15) is 9.90 Å². The van der Waals surface area contributed by atoms with Gasteiger partial charge in [0, 0.05) is 25.6 Å². The molecule has 10 heteroatoms. The molecule has 0 radical (unpaired) electrons. The molecule has 4 aromatic rings. The summed E-state index contributed by atoms with van der Waals surface area (Å²) in [6, 6.07) is 1.74. The quantitative estimate of drug-likeness (QED) is 0.540. The molecule has 0 saturated heterocycles. The summed E-state index contributed by atoms with van der Waals surface area (Å²) in [5, 5.41) is 21.7. The van der Waals surface area contributed by atoms with Crippen LogP contribution < -0.4 is 5.32 Å². The van der Waals surface area contributed by atoms with Gasteiger partial charge in [-0.15, -0.1) is 0 Å². The van der Waals surface area contributed by atoms with Crippen molar-refractivity contribution < 1.29 is 9.90 Å². The number of fused-ring (bicyclic) bond motifs is 1. The van der Waals surface area contributed by atoms with Gasteiger partial charge in [0.25, 0.3) is 5.91 Å². The zero-order valence-corrected chi connectivity index (χ0v) is 15.7. The highest BCUT2D eigenvalue weighted by Gasteiger charge is 2.22. The van der Waals surface area contributed by atoms with Crippen molar-refractivity contribution in [1.82, 2.24) is 33.9 Å². The third-order valence-electron chi connectivity index (χ3n) is 4.14. The zero-order valence-electron chi connectivity index (χ0n) is 15.7. The SMILES string of the molecule is Cn1cncc1-c1nn(CC(C)(C)O)cc1NC(=O)c1cnn2cccnc12. The van der Waals surface area contributed by atoms with Gasteiger partial charge in [0.15, 0.2) is 5.65 Å². The third-order valence-corrected chi connectivity index (χ3v) is 4.14. The first kappa shape index (κ1) is 17.9. The Balaban J connectivity index is 1.71. The van der Waals surface area contributed by atoms with Crippen molar-refractivity contribution in [2.45, 2.75) is 26.0 Å². The Morgan fingerprint density at radius 2 is 2.14 bits per heavy atom. The lowest BCUT2D eigenvalue weighted by Crippen LogP contribution is -2.26. The molecule has 0 bridgehead atoms. The molecule has 4 heterocycles. The molecule has 10 nitrogen and oxygen atoms in total. The van der Waals surface area contributed by atoms with Crippen molar-refractivity contribution >= 4 is 17.2 Å². The molecule has 2 N–H and O–H groups in total. The number of aryl methyl sites for hydroxylation is 1. The summed E-state index contributed by atoms with van der Waals surface area (Å²) in [6.45, 7) is 3.66. The Bertz CT molecular complexity index is 1150. The number of nitrogens with zero attached hydrogens (tertiary/aromatic N) is 7. The molecule has 1 amide bonds. The normalized spacial score (nSPS) is 11.9. The Morgan fingerprint density at radius 3 is 2.86 bits per heavy atom. The molecule has 0 spiro atoms. The number of anilines is 1. The predicted octanol–water partition coefficient (Wildman–Crippen LogP) is 1.35. The van der Waals surface area contributed by atoms with Gasteiger partial charge in [0.1, 0.15) is 11.3 Å². The Kier molecular flexibility index (Phi) is 4.19. The lowest BCUT2D eigenvalue weighted by Gasteiger charge is -2.16. The van der Waals surface area contributed by atoms with Crippen LogP contribution in [0.3, 0.4) is 0 Å². The minimum absolute atomic E-state index is 0.270. The molecule has 0 saturated carbocycles. The van der Waals surface area contributed by atoms with Crippen molar-refractivity contribution in [3.05, 3.63) is 48.9 Å². The van der Waals surface area contributed by atoms with Crippen molar-refractivity contribution in [3.63, 3.8) is 0 Å². The minimum atomic E-state index is -0.955. The van der Waals surface area contributed by atoms with Crippen molar-refractivity contribution in [1.29, 1.82) is 0 Å². The first-order chi connectivity index (χ1) is 13.3. The third kappa shape index (κ3) is 3.37. The average Bonchev–Trinajstić information content (AvgIpc) is 3.31. The number of aliphatic hydroxyl groups is 1. The zero-order chi connectivity index (χ0) is 19.9. The molecule has 0 atom stereocenters. The lowest BCUT2D eigenvalue weighted by atomic mass is 10.1. The van der Waals surface area contributed by atoms with Gasteiger partial charge in [-0.1, -0.05) is 0 Å². The van der Waals surface area contributed by atoms with Crippen molar-refractivity contribution in [2.75, 3.05) is 5.32 Å². The van der Waals surface area contributed by atoms with Crippen LogP contribution in [0.5, 0.6) is 0 Å². The maximum absolute atomic E-state index is 12.9. The number of aromatic nitrogens is 7. The van der Waals surface area contributed by atoms with Crippen LogP contribution in [0.4, 0.5) is 5.69 Å². The van der Waals surface area contributed by atoms with Crippen LogP contribution in [-0.4, -0.2) is 50.5 Å². The molecule has 0 aliphatic carbocycles. The molecule has 0 aliphatic rings. The van der Waals surface area contributed by atoms with Gasteiger partial charge in [-0.3, -0.25) is 9.48 Å². The monoisotopic (exact) mass is 380 g/mol. The van der Waals surface area contributed by atoms with Crippen LogP contribution in [0, 0.1) is 0 Å². The average molecular weight is 380 g/mol.